The Labute approximate surface area is 182 Å². The number of benzene rings is 2. The molecule has 1 amide bonds. The molecule has 5 nitrogen and oxygen atoms in total. The molecule has 2 heterocycles. The number of amides is 1. The number of piperazine rings is 1. The lowest BCUT2D eigenvalue weighted by atomic mass is 10.1. The second-order valence-corrected chi connectivity index (χ2v) is 7.95. The summed E-state index contributed by atoms with van der Waals surface area (Å²) in [5.41, 5.74) is 3.76. The van der Waals surface area contributed by atoms with Gasteiger partial charge in [0.15, 0.2) is 0 Å². The van der Waals surface area contributed by atoms with E-state index in [4.69, 9.17) is 11.6 Å². The summed E-state index contributed by atoms with van der Waals surface area (Å²) < 4.78 is 0. The smallest absolute Gasteiger partial charge is 0.257 e. The Morgan fingerprint density at radius 3 is 2.23 bits per heavy atom. The number of carbonyl (C=O) groups is 1. The first kappa shape index (κ1) is 20.5. The highest BCUT2D eigenvalue weighted by atomic mass is 35.5. The van der Waals surface area contributed by atoms with Crippen LogP contribution in [0.5, 0.6) is 0 Å². The molecule has 0 unspecified atom stereocenters. The van der Waals surface area contributed by atoms with Crippen molar-refractivity contribution in [2.75, 3.05) is 31.5 Å². The van der Waals surface area contributed by atoms with Crippen molar-refractivity contribution in [3.05, 3.63) is 94.8 Å². The van der Waals surface area contributed by atoms with Crippen LogP contribution in [0.4, 0.5) is 5.69 Å². The molecule has 4 rings (SSSR count). The number of nitrogens with zero attached hydrogens (tertiary/aromatic N) is 3. The molecule has 1 aliphatic heterocycles. The zero-order valence-corrected chi connectivity index (χ0v) is 17.6. The van der Waals surface area contributed by atoms with E-state index >= 15 is 0 Å². The van der Waals surface area contributed by atoms with Crippen LogP contribution in [0.15, 0.2) is 73.1 Å². The molecule has 3 aromatic rings. The van der Waals surface area contributed by atoms with Gasteiger partial charge < -0.3 is 5.32 Å². The number of aromatic nitrogens is 1. The van der Waals surface area contributed by atoms with Gasteiger partial charge in [0.05, 0.1) is 10.6 Å². The van der Waals surface area contributed by atoms with E-state index in [0.29, 0.717) is 10.6 Å². The summed E-state index contributed by atoms with van der Waals surface area (Å²) in [5, 5.41) is 3.41. The van der Waals surface area contributed by atoms with Gasteiger partial charge in [0.2, 0.25) is 0 Å². The van der Waals surface area contributed by atoms with E-state index in [1.807, 2.05) is 42.7 Å². The zero-order chi connectivity index (χ0) is 20.8. The minimum absolute atomic E-state index is 0.192. The third-order valence-electron chi connectivity index (χ3n) is 5.33. The van der Waals surface area contributed by atoms with Gasteiger partial charge in [0.25, 0.3) is 5.91 Å². The van der Waals surface area contributed by atoms with E-state index in [1.165, 1.54) is 11.1 Å². The molecule has 1 saturated heterocycles. The Morgan fingerprint density at radius 2 is 1.53 bits per heavy atom. The minimum atomic E-state index is -0.192. The van der Waals surface area contributed by atoms with Crippen molar-refractivity contribution in [2.45, 2.75) is 13.1 Å². The molecule has 2 aromatic carbocycles. The van der Waals surface area contributed by atoms with Crippen LogP contribution < -0.4 is 5.32 Å². The van der Waals surface area contributed by atoms with Crippen molar-refractivity contribution >= 4 is 23.2 Å². The maximum Gasteiger partial charge on any atom is 0.257 e. The maximum absolute atomic E-state index is 12.5. The van der Waals surface area contributed by atoms with Gasteiger partial charge in [0.1, 0.15) is 0 Å². The number of anilines is 1. The monoisotopic (exact) mass is 420 g/mol. The number of hydrogen-bond donors (Lipinski definition) is 1. The van der Waals surface area contributed by atoms with Gasteiger partial charge in [-0.1, -0.05) is 35.9 Å². The SMILES string of the molecule is O=C(Nc1cccc(CN2CCN(Cc3ccncc3)CC2)c1)c1ccccc1Cl. The molecule has 0 bridgehead atoms. The number of rotatable bonds is 6. The third-order valence-corrected chi connectivity index (χ3v) is 5.66. The molecule has 6 heteroatoms. The first-order chi connectivity index (χ1) is 14.7. The van der Waals surface area contributed by atoms with E-state index in [2.05, 4.69) is 38.3 Å². The molecule has 1 aliphatic rings. The standard InChI is InChI=1S/C24H25ClN4O/c25-23-7-2-1-6-22(23)24(30)27-21-5-3-4-20(16-21)18-29-14-12-28(13-15-29)17-19-8-10-26-11-9-19/h1-11,16H,12-15,17-18H2,(H,27,30). The van der Waals surface area contributed by atoms with Gasteiger partial charge in [-0.15, -0.1) is 0 Å². The van der Waals surface area contributed by atoms with Crippen molar-refractivity contribution in [3.8, 4) is 0 Å². The second kappa shape index (κ2) is 9.85. The second-order valence-electron chi connectivity index (χ2n) is 7.54. The number of pyridine rings is 1. The first-order valence-corrected chi connectivity index (χ1v) is 10.5. The summed E-state index contributed by atoms with van der Waals surface area (Å²) in [4.78, 5) is 21.5. The lowest BCUT2D eigenvalue weighted by molar-refractivity contribution is 0.102. The van der Waals surface area contributed by atoms with Crippen LogP contribution in [0.3, 0.4) is 0 Å². The molecule has 154 valence electrons. The molecular weight excluding hydrogens is 396 g/mol. The average molecular weight is 421 g/mol. The van der Waals surface area contributed by atoms with Gasteiger partial charge in [-0.25, -0.2) is 0 Å². The fourth-order valence-corrected chi connectivity index (χ4v) is 3.92. The number of hydrogen-bond acceptors (Lipinski definition) is 4. The molecule has 1 N–H and O–H groups in total. The summed E-state index contributed by atoms with van der Waals surface area (Å²) in [7, 11) is 0. The first-order valence-electron chi connectivity index (χ1n) is 10.2. The fraction of sp³-hybridized carbons (Fsp3) is 0.250. The van der Waals surface area contributed by atoms with Gasteiger partial charge in [0, 0.05) is 57.3 Å². The molecule has 1 fully saturated rings. The Bertz CT molecular complexity index is 987. The van der Waals surface area contributed by atoms with Crippen molar-refractivity contribution in [2.24, 2.45) is 0 Å². The molecule has 0 radical (unpaired) electrons. The van der Waals surface area contributed by atoms with E-state index in [9.17, 15) is 4.79 Å². The highest BCUT2D eigenvalue weighted by molar-refractivity contribution is 6.34. The zero-order valence-electron chi connectivity index (χ0n) is 16.8. The summed E-state index contributed by atoms with van der Waals surface area (Å²) in [6, 6.07) is 19.3. The predicted octanol–water partition coefficient (Wildman–Crippen LogP) is 4.31. The lowest BCUT2D eigenvalue weighted by Gasteiger charge is -2.34. The molecule has 0 atom stereocenters. The van der Waals surface area contributed by atoms with E-state index in [-0.39, 0.29) is 5.91 Å². The van der Waals surface area contributed by atoms with Gasteiger partial charge >= 0.3 is 0 Å². The fourth-order valence-electron chi connectivity index (χ4n) is 3.70. The van der Waals surface area contributed by atoms with Crippen LogP contribution in [-0.2, 0) is 13.1 Å². The predicted molar refractivity (Wildman–Crippen MR) is 121 cm³/mol. The molecule has 0 aliphatic carbocycles. The van der Waals surface area contributed by atoms with Crippen LogP contribution >= 0.6 is 11.6 Å². The summed E-state index contributed by atoms with van der Waals surface area (Å²) in [5.74, 6) is -0.192. The highest BCUT2D eigenvalue weighted by Crippen LogP contribution is 2.19. The van der Waals surface area contributed by atoms with Gasteiger partial charge in [-0.3, -0.25) is 19.6 Å². The van der Waals surface area contributed by atoms with Crippen LogP contribution in [0.1, 0.15) is 21.5 Å². The van der Waals surface area contributed by atoms with Crippen molar-refractivity contribution in [3.63, 3.8) is 0 Å². The van der Waals surface area contributed by atoms with Crippen LogP contribution in [-0.4, -0.2) is 46.9 Å². The Balaban J connectivity index is 1.31. The summed E-state index contributed by atoms with van der Waals surface area (Å²) in [6.45, 7) is 6.00. The number of carbonyl (C=O) groups excluding carboxylic acids is 1. The molecule has 30 heavy (non-hydrogen) atoms. The number of halogens is 1. The molecule has 0 saturated carbocycles. The lowest BCUT2D eigenvalue weighted by Crippen LogP contribution is -2.45. The maximum atomic E-state index is 12.5. The van der Waals surface area contributed by atoms with E-state index in [1.54, 1.807) is 12.1 Å². The van der Waals surface area contributed by atoms with Crippen LogP contribution in [0, 0.1) is 0 Å². The van der Waals surface area contributed by atoms with E-state index in [0.717, 1.165) is 45.0 Å². The van der Waals surface area contributed by atoms with Crippen molar-refractivity contribution in [1.29, 1.82) is 0 Å². The molecular formula is C24H25ClN4O. The summed E-state index contributed by atoms with van der Waals surface area (Å²) in [6.07, 6.45) is 3.70. The van der Waals surface area contributed by atoms with Crippen molar-refractivity contribution < 1.29 is 4.79 Å². The third kappa shape index (κ3) is 5.45. The Hall–Kier alpha value is -2.73. The quantitative estimate of drug-likeness (QED) is 0.645. The average Bonchev–Trinajstić information content (AvgIpc) is 2.76. The van der Waals surface area contributed by atoms with Gasteiger partial charge in [-0.05, 0) is 47.5 Å². The number of nitrogens with one attached hydrogen (secondary N) is 1. The molecule has 0 spiro atoms. The largest absolute Gasteiger partial charge is 0.322 e. The summed E-state index contributed by atoms with van der Waals surface area (Å²) >= 11 is 6.13. The van der Waals surface area contributed by atoms with Crippen LogP contribution in [0.2, 0.25) is 5.02 Å². The normalized spacial score (nSPS) is 15.1. The minimum Gasteiger partial charge on any atom is -0.322 e. The highest BCUT2D eigenvalue weighted by Gasteiger charge is 2.17. The topological polar surface area (TPSA) is 48.5 Å². The van der Waals surface area contributed by atoms with Crippen molar-refractivity contribution in [1.82, 2.24) is 14.8 Å². The Morgan fingerprint density at radius 1 is 0.867 bits per heavy atom. The molecule has 1 aromatic heterocycles. The van der Waals surface area contributed by atoms with E-state index < -0.39 is 0 Å². The Kier molecular flexibility index (Phi) is 6.74. The van der Waals surface area contributed by atoms with Crippen LogP contribution in [0.25, 0.3) is 0 Å². The van der Waals surface area contributed by atoms with Gasteiger partial charge in [-0.2, -0.15) is 0 Å².